The SMILES string of the molecule is O=C(Cn1c2ncncc2c(=O)n2nc(C(F)(F)F)cc12)Nc1ccc(F)cn1. The van der Waals surface area contributed by atoms with Crippen molar-refractivity contribution in [2.24, 2.45) is 0 Å². The quantitative estimate of drug-likeness (QED) is 0.518. The summed E-state index contributed by atoms with van der Waals surface area (Å²) in [6.45, 7) is -0.515. The van der Waals surface area contributed by atoms with Crippen LogP contribution in [0.3, 0.4) is 0 Å². The topological polar surface area (TPSA) is 107 Å². The van der Waals surface area contributed by atoms with Crippen molar-refractivity contribution in [3.8, 4) is 0 Å². The van der Waals surface area contributed by atoms with Crippen molar-refractivity contribution in [3.05, 3.63) is 58.8 Å². The first-order valence-electron chi connectivity index (χ1n) is 7.95. The van der Waals surface area contributed by atoms with Gasteiger partial charge in [0.25, 0.3) is 5.56 Å². The zero-order chi connectivity index (χ0) is 20.8. The second-order valence-corrected chi connectivity index (χ2v) is 5.86. The van der Waals surface area contributed by atoms with Crippen LogP contribution in [0, 0.1) is 5.82 Å². The normalized spacial score (nSPS) is 11.9. The molecule has 4 rings (SSSR count). The number of aromatic nitrogens is 6. The number of nitrogens with zero attached hydrogens (tertiary/aromatic N) is 6. The Morgan fingerprint density at radius 2 is 1.97 bits per heavy atom. The van der Waals surface area contributed by atoms with E-state index in [4.69, 9.17) is 0 Å². The molecule has 148 valence electrons. The molecule has 0 aliphatic heterocycles. The van der Waals surface area contributed by atoms with E-state index in [-0.39, 0.29) is 22.5 Å². The number of halogens is 4. The zero-order valence-corrected chi connectivity index (χ0v) is 14.2. The van der Waals surface area contributed by atoms with Crippen LogP contribution in [-0.2, 0) is 17.5 Å². The van der Waals surface area contributed by atoms with E-state index < -0.39 is 35.7 Å². The molecule has 0 atom stereocenters. The molecule has 0 unspecified atom stereocenters. The van der Waals surface area contributed by atoms with Gasteiger partial charge in [0.1, 0.15) is 35.5 Å². The number of carbonyl (C=O) groups excluding carboxylic acids is 1. The predicted molar refractivity (Wildman–Crippen MR) is 90.4 cm³/mol. The van der Waals surface area contributed by atoms with Crippen LogP contribution in [0.1, 0.15) is 5.69 Å². The first-order valence-corrected chi connectivity index (χ1v) is 7.95. The fraction of sp³-hybridized carbons (Fsp3) is 0.125. The molecule has 0 fully saturated rings. The Morgan fingerprint density at radius 3 is 2.66 bits per heavy atom. The summed E-state index contributed by atoms with van der Waals surface area (Å²) in [4.78, 5) is 36.2. The summed E-state index contributed by atoms with van der Waals surface area (Å²) < 4.78 is 53.8. The van der Waals surface area contributed by atoms with Crippen LogP contribution in [-0.4, -0.2) is 35.0 Å². The van der Waals surface area contributed by atoms with Gasteiger partial charge in [-0.1, -0.05) is 0 Å². The minimum Gasteiger partial charge on any atom is -0.309 e. The second kappa shape index (κ2) is 6.61. The Bertz CT molecular complexity index is 1300. The van der Waals surface area contributed by atoms with Crippen molar-refractivity contribution >= 4 is 28.4 Å². The molecule has 1 amide bonds. The number of anilines is 1. The highest BCUT2D eigenvalue weighted by molar-refractivity contribution is 5.91. The van der Waals surface area contributed by atoms with Gasteiger partial charge in [-0.2, -0.15) is 22.8 Å². The molecule has 4 aromatic heterocycles. The minimum atomic E-state index is -4.80. The number of hydrogen-bond donors (Lipinski definition) is 1. The molecule has 0 radical (unpaired) electrons. The number of amides is 1. The van der Waals surface area contributed by atoms with E-state index in [1.807, 2.05) is 0 Å². The van der Waals surface area contributed by atoms with Crippen molar-refractivity contribution in [3.63, 3.8) is 0 Å². The molecular formula is C16H9F4N7O2. The van der Waals surface area contributed by atoms with E-state index in [9.17, 15) is 27.2 Å². The standard InChI is InChI=1S/C16H9F4N7O2/c17-8-1-2-11(22-4-8)24-12(28)6-26-13-3-10(16(18,19)20)25-27(13)15(29)9-5-21-7-23-14(9)26/h1-5,7H,6H2,(H,22,24,28). The number of alkyl halides is 3. The molecule has 0 spiro atoms. The third-order valence-electron chi connectivity index (χ3n) is 3.92. The number of hydrogen-bond acceptors (Lipinski definition) is 6. The molecule has 4 heterocycles. The highest BCUT2D eigenvalue weighted by atomic mass is 19.4. The summed E-state index contributed by atoms with van der Waals surface area (Å²) in [6.07, 6.45) is -1.69. The predicted octanol–water partition coefficient (Wildman–Crippen LogP) is 1.63. The molecule has 9 nitrogen and oxygen atoms in total. The molecule has 0 saturated heterocycles. The second-order valence-electron chi connectivity index (χ2n) is 5.86. The molecular weight excluding hydrogens is 398 g/mol. The van der Waals surface area contributed by atoms with Crippen LogP contribution in [0.15, 0.2) is 41.7 Å². The molecule has 0 bridgehead atoms. The van der Waals surface area contributed by atoms with Gasteiger partial charge < -0.3 is 9.88 Å². The monoisotopic (exact) mass is 407 g/mol. The molecule has 0 aromatic carbocycles. The maximum atomic E-state index is 13.1. The lowest BCUT2D eigenvalue weighted by Gasteiger charge is -2.11. The van der Waals surface area contributed by atoms with E-state index in [2.05, 4.69) is 25.4 Å². The average molecular weight is 407 g/mol. The number of rotatable bonds is 3. The van der Waals surface area contributed by atoms with E-state index >= 15 is 0 Å². The van der Waals surface area contributed by atoms with Gasteiger partial charge in [0.2, 0.25) is 5.91 Å². The van der Waals surface area contributed by atoms with E-state index in [0.717, 1.165) is 29.4 Å². The Kier molecular flexibility index (Phi) is 4.21. The molecule has 4 aromatic rings. The summed E-state index contributed by atoms with van der Waals surface area (Å²) in [6, 6.07) is 2.94. The Labute approximate surface area is 157 Å². The highest BCUT2D eigenvalue weighted by Gasteiger charge is 2.35. The summed E-state index contributed by atoms with van der Waals surface area (Å²) in [7, 11) is 0. The van der Waals surface area contributed by atoms with Gasteiger partial charge in [-0.05, 0) is 12.1 Å². The zero-order valence-electron chi connectivity index (χ0n) is 14.2. The first kappa shape index (κ1) is 18.5. The molecule has 0 aliphatic carbocycles. The van der Waals surface area contributed by atoms with Gasteiger partial charge in [-0.25, -0.2) is 19.3 Å². The number of pyridine rings is 1. The van der Waals surface area contributed by atoms with Crippen LogP contribution in [0.25, 0.3) is 16.7 Å². The lowest BCUT2D eigenvalue weighted by Crippen LogP contribution is -2.25. The van der Waals surface area contributed by atoms with Crippen molar-refractivity contribution in [1.82, 2.24) is 29.1 Å². The van der Waals surface area contributed by atoms with Crippen LogP contribution < -0.4 is 10.9 Å². The summed E-state index contributed by atoms with van der Waals surface area (Å²) in [5, 5.41) is 5.58. The van der Waals surface area contributed by atoms with Gasteiger partial charge in [-0.3, -0.25) is 9.59 Å². The van der Waals surface area contributed by atoms with Crippen LogP contribution in [0.4, 0.5) is 23.4 Å². The van der Waals surface area contributed by atoms with Gasteiger partial charge >= 0.3 is 6.18 Å². The smallest absolute Gasteiger partial charge is 0.309 e. The molecule has 29 heavy (non-hydrogen) atoms. The van der Waals surface area contributed by atoms with E-state index in [1.165, 1.54) is 6.07 Å². The Balaban J connectivity index is 1.83. The van der Waals surface area contributed by atoms with Gasteiger partial charge in [0.15, 0.2) is 11.3 Å². The summed E-state index contributed by atoms with van der Waals surface area (Å²) >= 11 is 0. The van der Waals surface area contributed by atoms with Gasteiger partial charge in [-0.15, -0.1) is 0 Å². The summed E-state index contributed by atoms with van der Waals surface area (Å²) in [5.41, 5.74) is -2.49. The average Bonchev–Trinajstić information content (AvgIpc) is 3.13. The van der Waals surface area contributed by atoms with E-state index in [1.54, 1.807) is 0 Å². The maximum Gasteiger partial charge on any atom is 0.435 e. The third-order valence-corrected chi connectivity index (χ3v) is 3.92. The summed E-state index contributed by atoms with van der Waals surface area (Å²) in [5.74, 6) is -1.26. The van der Waals surface area contributed by atoms with Gasteiger partial charge in [0.05, 0.1) is 6.20 Å². The number of nitrogens with one attached hydrogen (secondary N) is 1. The third kappa shape index (κ3) is 3.37. The Hall–Kier alpha value is -3.90. The molecule has 0 aliphatic rings. The van der Waals surface area contributed by atoms with Crippen molar-refractivity contribution in [2.75, 3.05) is 5.32 Å². The molecule has 13 heteroatoms. The van der Waals surface area contributed by atoms with Crippen molar-refractivity contribution < 1.29 is 22.4 Å². The van der Waals surface area contributed by atoms with Crippen LogP contribution in [0.5, 0.6) is 0 Å². The van der Waals surface area contributed by atoms with Crippen LogP contribution in [0.2, 0.25) is 0 Å². The maximum absolute atomic E-state index is 13.1. The van der Waals surface area contributed by atoms with Crippen molar-refractivity contribution in [2.45, 2.75) is 12.7 Å². The fourth-order valence-electron chi connectivity index (χ4n) is 2.69. The van der Waals surface area contributed by atoms with E-state index in [0.29, 0.717) is 10.6 Å². The lowest BCUT2D eigenvalue weighted by atomic mass is 10.3. The molecule has 1 N–H and O–H groups in total. The van der Waals surface area contributed by atoms with Crippen LogP contribution >= 0.6 is 0 Å². The lowest BCUT2D eigenvalue weighted by molar-refractivity contribution is -0.141. The fourth-order valence-corrected chi connectivity index (χ4v) is 2.69. The highest BCUT2D eigenvalue weighted by Crippen LogP contribution is 2.29. The Morgan fingerprint density at radius 1 is 1.17 bits per heavy atom. The molecule has 0 saturated carbocycles. The number of fused-ring (bicyclic) bond motifs is 2. The van der Waals surface area contributed by atoms with Crippen molar-refractivity contribution in [1.29, 1.82) is 0 Å². The minimum absolute atomic E-state index is 0.0388. The largest absolute Gasteiger partial charge is 0.435 e. The first-order chi connectivity index (χ1) is 13.7. The van der Waals surface area contributed by atoms with Gasteiger partial charge in [0, 0.05) is 12.3 Å². The number of carbonyl (C=O) groups is 1.